The van der Waals surface area contributed by atoms with E-state index in [2.05, 4.69) is 12.1 Å². The number of carbonyl (C=O) groups is 1. The fourth-order valence-electron chi connectivity index (χ4n) is 3.47. The smallest absolute Gasteiger partial charge is 0.223 e. The molecule has 0 spiro atoms. The largest absolute Gasteiger partial charge is 0.493 e. The van der Waals surface area contributed by atoms with Gasteiger partial charge >= 0.3 is 0 Å². The van der Waals surface area contributed by atoms with E-state index in [1.165, 1.54) is 5.56 Å². The van der Waals surface area contributed by atoms with Gasteiger partial charge in [0.1, 0.15) is 0 Å². The van der Waals surface area contributed by atoms with E-state index in [9.17, 15) is 4.79 Å². The zero-order chi connectivity index (χ0) is 19.9. The summed E-state index contributed by atoms with van der Waals surface area (Å²) in [5, 5.41) is 0. The summed E-state index contributed by atoms with van der Waals surface area (Å²) in [5.41, 5.74) is 2.27. The Kier molecular flexibility index (Phi) is 6.80. The first-order valence-corrected chi connectivity index (χ1v) is 9.78. The molecule has 5 nitrogen and oxygen atoms in total. The Morgan fingerprint density at radius 2 is 1.57 bits per heavy atom. The predicted molar refractivity (Wildman–Crippen MR) is 109 cm³/mol. The number of amides is 1. The number of hydrogen-bond acceptors (Lipinski definition) is 4. The monoisotopic (exact) mass is 383 g/mol. The molecule has 28 heavy (non-hydrogen) atoms. The van der Waals surface area contributed by atoms with E-state index in [4.69, 9.17) is 14.2 Å². The van der Waals surface area contributed by atoms with Crippen LogP contribution in [0.5, 0.6) is 17.2 Å². The highest BCUT2D eigenvalue weighted by Crippen LogP contribution is 2.38. The lowest BCUT2D eigenvalue weighted by Crippen LogP contribution is -2.35. The van der Waals surface area contributed by atoms with Gasteiger partial charge in [0, 0.05) is 19.0 Å². The second-order valence-electron chi connectivity index (χ2n) is 7.09. The van der Waals surface area contributed by atoms with Crippen LogP contribution in [0, 0.1) is 0 Å². The summed E-state index contributed by atoms with van der Waals surface area (Å²) in [6.45, 7) is 0.705. The van der Waals surface area contributed by atoms with Crippen molar-refractivity contribution in [1.82, 2.24) is 4.90 Å². The number of ether oxygens (including phenoxy) is 3. The van der Waals surface area contributed by atoms with Gasteiger partial charge in [-0.15, -0.1) is 0 Å². The van der Waals surface area contributed by atoms with Crippen molar-refractivity contribution in [3.8, 4) is 17.2 Å². The lowest BCUT2D eigenvalue weighted by Gasteiger charge is -2.23. The van der Waals surface area contributed by atoms with Crippen LogP contribution in [-0.2, 0) is 17.6 Å². The maximum Gasteiger partial charge on any atom is 0.223 e. The first-order valence-electron chi connectivity index (χ1n) is 9.78. The van der Waals surface area contributed by atoms with Crippen LogP contribution in [-0.4, -0.2) is 44.7 Å². The van der Waals surface area contributed by atoms with Crippen LogP contribution in [0.15, 0.2) is 42.5 Å². The quantitative estimate of drug-likeness (QED) is 0.625. The van der Waals surface area contributed by atoms with Crippen LogP contribution in [0.4, 0.5) is 0 Å². The van der Waals surface area contributed by atoms with E-state index in [-0.39, 0.29) is 5.91 Å². The zero-order valence-corrected chi connectivity index (χ0v) is 16.9. The van der Waals surface area contributed by atoms with Crippen molar-refractivity contribution in [3.63, 3.8) is 0 Å². The van der Waals surface area contributed by atoms with E-state index in [1.54, 1.807) is 21.3 Å². The minimum Gasteiger partial charge on any atom is -0.493 e. The normalized spacial score (nSPS) is 13.1. The first kappa shape index (κ1) is 20.1. The Morgan fingerprint density at radius 3 is 2.11 bits per heavy atom. The molecule has 150 valence electrons. The predicted octanol–water partition coefficient (Wildman–Crippen LogP) is 3.88. The number of nitrogens with zero attached hydrogens (tertiary/aromatic N) is 1. The lowest BCUT2D eigenvalue weighted by atomic mass is 10.1. The summed E-state index contributed by atoms with van der Waals surface area (Å²) in [6.07, 6.45) is 4.30. The SMILES string of the molecule is COc1cc(CCN(C(=O)CCc2ccccc2)C2CC2)cc(OC)c1OC. The zero-order valence-electron chi connectivity index (χ0n) is 16.9. The fourth-order valence-corrected chi connectivity index (χ4v) is 3.47. The molecule has 1 fully saturated rings. The van der Waals surface area contributed by atoms with Crippen LogP contribution in [0.3, 0.4) is 0 Å². The molecule has 0 unspecified atom stereocenters. The molecule has 1 aliphatic carbocycles. The molecule has 0 heterocycles. The molecule has 1 saturated carbocycles. The molecule has 0 N–H and O–H groups in total. The van der Waals surface area contributed by atoms with Crippen molar-refractivity contribution in [1.29, 1.82) is 0 Å². The Hall–Kier alpha value is -2.69. The van der Waals surface area contributed by atoms with Crippen LogP contribution >= 0.6 is 0 Å². The number of rotatable bonds is 10. The molecular weight excluding hydrogens is 354 g/mol. The van der Waals surface area contributed by atoms with Crippen molar-refractivity contribution in [2.75, 3.05) is 27.9 Å². The summed E-state index contributed by atoms with van der Waals surface area (Å²) in [4.78, 5) is 14.9. The second-order valence-corrected chi connectivity index (χ2v) is 7.09. The molecular formula is C23H29NO4. The summed E-state index contributed by atoms with van der Waals surface area (Å²) >= 11 is 0. The van der Waals surface area contributed by atoms with Crippen LogP contribution in [0.1, 0.15) is 30.4 Å². The highest BCUT2D eigenvalue weighted by molar-refractivity contribution is 5.77. The molecule has 0 atom stereocenters. The van der Waals surface area contributed by atoms with Crippen LogP contribution in [0.25, 0.3) is 0 Å². The summed E-state index contributed by atoms with van der Waals surface area (Å²) < 4.78 is 16.3. The van der Waals surface area contributed by atoms with Crippen LogP contribution in [0.2, 0.25) is 0 Å². The molecule has 3 rings (SSSR count). The number of aryl methyl sites for hydroxylation is 1. The number of hydrogen-bond donors (Lipinski definition) is 0. The van der Waals surface area contributed by atoms with E-state index < -0.39 is 0 Å². The number of benzene rings is 2. The third-order valence-corrected chi connectivity index (χ3v) is 5.14. The molecule has 0 bridgehead atoms. The van der Waals surface area contributed by atoms with Gasteiger partial charge in [0.05, 0.1) is 21.3 Å². The Labute approximate surface area is 167 Å². The molecule has 1 aliphatic rings. The van der Waals surface area contributed by atoms with E-state index in [1.807, 2.05) is 35.2 Å². The minimum atomic E-state index is 0.235. The van der Waals surface area contributed by atoms with Gasteiger partial charge < -0.3 is 19.1 Å². The lowest BCUT2D eigenvalue weighted by molar-refractivity contribution is -0.131. The van der Waals surface area contributed by atoms with Crippen molar-refractivity contribution in [2.24, 2.45) is 0 Å². The van der Waals surface area contributed by atoms with Gasteiger partial charge in [0.15, 0.2) is 11.5 Å². The molecule has 0 saturated heterocycles. The van der Waals surface area contributed by atoms with Gasteiger partial charge in [-0.25, -0.2) is 0 Å². The van der Waals surface area contributed by atoms with Crippen molar-refractivity contribution >= 4 is 5.91 Å². The number of methoxy groups -OCH3 is 3. The third kappa shape index (κ3) is 4.97. The molecule has 2 aromatic rings. The summed E-state index contributed by atoms with van der Waals surface area (Å²) in [5.74, 6) is 2.11. The van der Waals surface area contributed by atoms with Crippen molar-refractivity contribution in [2.45, 2.75) is 38.1 Å². The standard InChI is InChI=1S/C23H29NO4/c1-26-20-15-18(16-21(27-2)23(20)28-3)13-14-24(19-10-11-19)22(25)12-9-17-7-5-4-6-8-17/h4-8,15-16,19H,9-14H2,1-3H3. The molecule has 1 amide bonds. The molecule has 5 heteroatoms. The van der Waals surface area contributed by atoms with E-state index in [0.717, 1.165) is 31.2 Å². The van der Waals surface area contributed by atoms with Crippen molar-refractivity contribution < 1.29 is 19.0 Å². The minimum absolute atomic E-state index is 0.235. The maximum absolute atomic E-state index is 12.8. The van der Waals surface area contributed by atoms with Gasteiger partial charge in [0.25, 0.3) is 0 Å². The average molecular weight is 383 g/mol. The van der Waals surface area contributed by atoms with Gasteiger partial charge in [0.2, 0.25) is 11.7 Å². The Bertz CT molecular complexity index is 761. The van der Waals surface area contributed by atoms with Crippen LogP contribution < -0.4 is 14.2 Å². The highest BCUT2D eigenvalue weighted by Gasteiger charge is 2.32. The molecule has 0 radical (unpaired) electrons. The second kappa shape index (κ2) is 9.49. The van der Waals surface area contributed by atoms with Gasteiger partial charge in [-0.1, -0.05) is 30.3 Å². The third-order valence-electron chi connectivity index (χ3n) is 5.14. The van der Waals surface area contributed by atoms with Gasteiger partial charge in [-0.3, -0.25) is 4.79 Å². The molecule has 0 aliphatic heterocycles. The van der Waals surface area contributed by atoms with E-state index in [0.29, 0.717) is 36.3 Å². The fraction of sp³-hybridized carbons (Fsp3) is 0.435. The number of carbonyl (C=O) groups excluding carboxylic acids is 1. The van der Waals surface area contributed by atoms with Crippen molar-refractivity contribution in [3.05, 3.63) is 53.6 Å². The van der Waals surface area contributed by atoms with E-state index >= 15 is 0 Å². The summed E-state index contributed by atoms with van der Waals surface area (Å²) in [6, 6.07) is 14.5. The molecule has 0 aromatic heterocycles. The van der Waals surface area contributed by atoms with Gasteiger partial charge in [-0.05, 0) is 48.9 Å². The molecule has 2 aromatic carbocycles. The maximum atomic E-state index is 12.8. The Morgan fingerprint density at radius 1 is 0.929 bits per heavy atom. The topological polar surface area (TPSA) is 48.0 Å². The van der Waals surface area contributed by atoms with Gasteiger partial charge in [-0.2, -0.15) is 0 Å². The first-order chi connectivity index (χ1) is 13.7. The Balaban J connectivity index is 1.64. The highest BCUT2D eigenvalue weighted by atomic mass is 16.5. The summed E-state index contributed by atoms with van der Waals surface area (Å²) in [7, 11) is 4.83. The average Bonchev–Trinajstić information content (AvgIpc) is 3.57.